The van der Waals surface area contributed by atoms with Crippen molar-refractivity contribution in [1.82, 2.24) is 0 Å². The van der Waals surface area contributed by atoms with Crippen molar-refractivity contribution in [3.63, 3.8) is 0 Å². The molecule has 84 valence electrons. The SMILES string of the molecule is Cc1cc(F)cc(C(=O)C(C#N)C(C)C)c1. The lowest BCUT2D eigenvalue weighted by Gasteiger charge is -2.12. The van der Waals surface area contributed by atoms with E-state index >= 15 is 0 Å². The average Bonchev–Trinajstić information content (AvgIpc) is 2.16. The number of nitrogens with zero attached hydrogens (tertiary/aromatic N) is 1. The third kappa shape index (κ3) is 2.66. The zero-order valence-corrected chi connectivity index (χ0v) is 9.62. The van der Waals surface area contributed by atoms with Crippen LogP contribution in [-0.2, 0) is 0 Å². The molecule has 0 spiro atoms. The predicted octanol–water partition coefficient (Wildman–Crippen LogP) is 3.11. The Bertz CT molecular complexity index is 425. The molecule has 0 aliphatic carbocycles. The van der Waals surface area contributed by atoms with E-state index in [1.807, 2.05) is 6.07 Å². The summed E-state index contributed by atoms with van der Waals surface area (Å²) in [6, 6.07) is 6.11. The second-order valence-corrected chi connectivity index (χ2v) is 4.23. The Morgan fingerprint density at radius 3 is 2.44 bits per heavy atom. The summed E-state index contributed by atoms with van der Waals surface area (Å²) in [6.07, 6.45) is 0. The number of hydrogen-bond acceptors (Lipinski definition) is 2. The fourth-order valence-electron chi connectivity index (χ4n) is 1.57. The van der Waals surface area contributed by atoms with Crippen molar-refractivity contribution in [2.45, 2.75) is 20.8 Å². The van der Waals surface area contributed by atoms with Crippen LogP contribution in [0.5, 0.6) is 0 Å². The first kappa shape index (κ1) is 12.4. The first-order valence-corrected chi connectivity index (χ1v) is 5.16. The summed E-state index contributed by atoms with van der Waals surface area (Å²) >= 11 is 0. The highest BCUT2D eigenvalue weighted by atomic mass is 19.1. The molecule has 0 aliphatic rings. The minimum Gasteiger partial charge on any atom is -0.293 e. The maximum Gasteiger partial charge on any atom is 0.180 e. The topological polar surface area (TPSA) is 40.9 Å². The van der Waals surface area contributed by atoms with Gasteiger partial charge in [-0.3, -0.25) is 4.79 Å². The molecule has 1 atom stereocenters. The van der Waals surface area contributed by atoms with Crippen LogP contribution in [0.4, 0.5) is 4.39 Å². The first-order valence-electron chi connectivity index (χ1n) is 5.16. The van der Waals surface area contributed by atoms with Crippen LogP contribution in [0.15, 0.2) is 18.2 Å². The molecule has 0 aromatic heterocycles. The fraction of sp³-hybridized carbons (Fsp3) is 0.385. The number of rotatable bonds is 3. The van der Waals surface area contributed by atoms with Gasteiger partial charge in [0.25, 0.3) is 0 Å². The lowest BCUT2D eigenvalue weighted by molar-refractivity contribution is 0.0924. The summed E-state index contributed by atoms with van der Waals surface area (Å²) in [5.74, 6) is -1.52. The van der Waals surface area contributed by atoms with Crippen LogP contribution in [-0.4, -0.2) is 5.78 Å². The molecule has 1 aromatic carbocycles. The molecule has 0 saturated heterocycles. The van der Waals surface area contributed by atoms with E-state index in [0.717, 1.165) is 0 Å². The fourth-order valence-corrected chi connectivity index (χ4v) is 1.57. The van der Waals surface area contributed by atoms with Gasteiger partial charge in [0.15, 0.2) is 5.78 Å². The zero-order valence-electron chi connectivity index (χ0n) is 9.62. The van der Waals surface area contributed by atoms with Crippen LogP contribution in [0.1, 0.15) is 29.8 Å². The molecule has 0 fully saturated rings. The van der Waals surface area contributed by atoms with E-state index in [2.05, 4.69) is 0 Å². The van der Waals surface area contributed by atoms with Gasteiger partial charge < -0.3 is 0 Å². The van der Waals surface area contributed by atoms with Crippen LogP contribution in [0.3, 0.4) is 0 Å². The molecular weight excluding hydrogens is 205 g/mol. The van der Waals surface area contributed by atoms with Gasteiger partial charge in [-0.1, -0.05) is 13.8 Å². The van der Waals surface area contributed by atoms with E-state index in [1.54, 1.807) is 26.8 Å². The van der Waals surface area contributed by atoms with Crippen molar-refractivity contribution in [1.29, 1.82) is 5.26 Å². The largest absolute Gasteiger partial charge is 0.293 e. The van der Waals surface area contributed by atoms with Gasteiger partial charge >= 0.3 is 0 Å². The van der Waals surface area contributed by atoms with Crippen molar-refractivity contribution >= 4 is 5.78 Å². The van der Waals surface area contributed by atoms with Crippen molar-refractivity contribution in [2.75, 3.05) is 0 Å². The van der Waals surface area contributed by atoms with Gasteiger partial charge in [-0.25, -0.2) is 4.39 Å². The van der Waals surface area contributed by atoms with Crippen LogP contribution >= 0.6 is 0 Å². The number of carbonyl (C=O) groups is 1. The number of Topliss-reactive ketones (excluding diaryl/α,β-unsaturated/α-hetero) is 1. The lowest BCUT2D eigenvalue weighted by atomic mass is 9.89. The molecule has 0 bridgehead atoms. The number of benzene rings is 1. The number of nitriles is 1. The van der Waals surface area contributed by atoms with Gasteiger partial charge in [-0.15, -0.1) is 0 Å². The molecule has 1 unspecified atom stereocenters. The third-order valence-corrected chi connectivity index (χ3v) is 2.41. The van der Waals surface area contributed by atoms with E-state index in [9.17, 15) is 9.18 Å². The molecule has 0 heterocycles. The van der Waals surface area contributed by atoms with E-state index in [0.29, 0.717) is 5.56 Å². The van der Waals surface area contributed by atoms with Gasteiger partial charge in [0.05, 0.1) is 6.07 Å². The van der Waals surface area contributed by atoms with Crippen molar-refractivity contribution in [2.24, 2.45) is 11.8 Å². The Hall–Kier alpha value is -1.69. The van der Waals surface area contributed by atoms with Gasteiger partial charge in [-0.2, -0.15) is 5.26 Å². The maximum absolute atomic E-state index is 13.1. The molecule has 3 heteroatoms. The number of carbonyl (C=O) groups excluding carboxylic acids is 1. The normalized spacial score (nSPS) is 12.2. The van der Waals surface area contributed by atoms with Gasteiger partial charge in [0.1, 0.15) is 11.7 Å². The molecule has 1 aromatic rings. The Balaban J connectivity index is 3.09. The molecule has 1 rings (SSSR count). The average molecular weight is 219 g/mol. The van der Waals surface area contributed by atoms with E-state index in [1.165, 1.54) is 12.1 Å². The van der Waals surface area contributed by atoms with Crippen molar-refractivity contribution in [3.8, 4) is 6.07 Å². The van der Waals surface area contributed by atoms with Gasteiger partial charge in [0.2, 0.25) is 0 Å². The van der Waals surface area contributed by atoms with Crippen LogP contribution in [0.25, 0.3) is 0 Å². The highest BCUT2D eigenvalue weighted by molar-refractivity contribution is 5.99. The number of ketones is 1. The molecule has 16 heavy (non-hydrogen) atoms. The number of aryl methyl sites for hydroxylation is 1. The Morgan fingerprint density at radius 1 is 1.38 bits per heavy atom. The molecule has 0 N–H and O–H groups in total. The van der Waals surface area contributed by atoms with Gasteiger partial charge in [-0.05, 0) is 36.6 Å². The predicted molar refractivity (Wildman–Crippen MR) is 59.4 cm³/mol. The van der Waals surface area contributed by atoms with Crippen molar-refractivity contribution < 1.29 is 9.18 Å². The molecule has 0 aliphatic heterocycles. The molecular formula is C13H14FNO. The maximum atomic E-state index is 13.1. The molecule has 0 radical (unpaired) electrons. The molecule has 2 nitrogen and oxygen atoms in total. The minimum absolute atomic E-state index is 0.0685. The Morgan fingerprint density at radius 2 is 2.00 bits per heavy atom. The summed E-state index contributed by atoms with van der Waals surface area (Å²) in [6.45, 7) is 5.33. The number of halogens is 1. The van der Waals surface area contributed by atoms with Crippen LogP contribution in [0.2, 0.25) is 0 Å². The number of hydrogen-bond donors (Lipinski definition) is 0. The van der Waals surface area contributed by atoms with E-state index in [-0.39, 0.29) is 17.3 Å². The summed E-state index contributed by atoms with van der Waals surface area (Å²) in [5, 5.41) is 8.90. The molecule has 0 amide bonds. The quantitative estimate of drug-likeness (QED) is 0.733. The van der Waals surface area contributed by atoms with E-state index in [4.69, 9.17) is 5.26 Å². The lowest BCUT2D eigenvalue weighted by Crippen LogP contribution is -2.18. The van der Waals surface area contributed by atoms with Crippen LogP contribution < -0.4 is 0 Å². The van der Waals surface area contributed by atoms with Crippen molar-refractivity contribution in [3.05, 3.63) is 35.1 Å². The Kier molecular flexibility index (Phi) is 3.78. The summed E-state index contributed by atoms with van der Waals surface area (Å²) < 4.78 is 13.1. The second kappa shape index (κ2) is 4.89. The van der Waals surface area contributed by atoms with E-state index < -0.39 is 11.7 Å². The summed E-state index contributed by atoms with van der Waals surface area (Å²) in [4.78, 5) is 11.9. The zero-order chi connectivity index (χ0) is 12.3. The molecule has 0 saturated carbocycles. The van der Waals surface area contributed by atoms with Gasteiger partial charge in [0, 0.05) is 5.56 Å². The minimum atomic E-state index is -0.707. The summed E-state index contributed by atoms with van der Waals surface area (Å²) in [7, 11) is 0. The smallest absolute Gasteiger partial charge is 0.180 e. The second-order valence-electron chi connectivity index (χ2n) is 4.23. The standard InChI is InChI=1S/C13H14FNO/c1-8(2)12(7-15)13(16)10-4-9(3)5-11(14)6-10/h4-6,8,12H,1-3H3. The first-order chi connectivity index (χ1) is 7.45. The third-order valence-electron chi connectivity index (χ3n) is 2.41. The highest BCUT2D eigenvalue weighted by Gasteiger charge is 2.23. The summed E-state index contributed by atoms with van der Waals surface area (Å²) in [5.41, 5.74) is 0.960. The monoisotopic (exact) mass is 219 g/mol. The Labute approximate surface area is 94.7 Å². The van der Waals surface area contributed by atoms with Crippen LogP contribution in [0, 0.1) is 35.9 Å². The highest BCUT2D eigenvalue weighted by Crippen LogP contribution is 2.18.